The monoisotopic (exact) mass is 211 g/mol. The summed E-state index contributed by atoms with van der Waals surface area (Å²) in [5.74, 6) is -0.198. The molecular weight excluding hydrogens is 194 g/mol. The summed E-state index contributed by atoms with van der Waals surface area (Å²) in [6.45, 7) is 4.95. The molecule has 2 N–H and O–H groups in total. The van der Waals surface area contributed by atoms with Crippen molar-refractivity contribution in [2.45, 2.75) is 26.0 Å². The van der Waals surface area contributed by atoms with Crippen LogP contribution in [-0.2, 0) is 9.53 Å². The van der Waals surface area contributed by atoms with Gasteiger partial charge in [-0.15, -0.1) is 0 Å². The number of carbonyl (C=O) groups is 1. The molecule has 1 amide bonds. The molecule has 0 saturated carbocycles. The molecule has 84 valence electrons. The lowest BCUT2D eigenvalue weighted by atomic mass is 10.0. The van der Waals surface area contributed by atoms with Gasteiger partial charge in [0.05, 0.1) is 25.1 Å². The predicted molar refractivity (Wildman–Crippen MR) is 54.7 cm³/mol. The number of amides is 1. The SMILES string of the molecule is CC(N)C(C)C(=O)N1CCOC(C#N)C1. The standard InChI is InChI=1S/C10H17N3O2/c1-7(8(2)12)10(14)13-3-4-15-9(5-11)6-13/h7-9H,3-4,6,12H2,1-2H3. The van der Waals surface area contributed by atoms with E-state index in [0.29, 0.717) is 19.7 Å². The topological polar surface area (TPSA) is 79.3 Å². The maximum atomic E-state index is 11.9. The highest BCUT2D eigenvalue weighted by atomic mass is 16.5. The molecule has 0 aliphatic carbocycles. The van der Waals surface area contributed by atoms with Gasteiger partial charge in [-0.2, -0.15) is 5.26 Å². The number of rotatable bonds is 2. The zero-order valence-electron chi connectivity index (χ0n) is 9.14. The number of nitrogens with zero attached hydrogens (tertiary/aromatic N) is 2. The third kappa shape index (κ3) is 2.91. The predicted octanol–water partition coefficient (Wildman–Crippen LogP) is -0.279. The molecule has 1 rings (SSSR count). The van der Waals surface area contributed by atoms with Gasteiger partial charge in [0.1, 0.15) is 0 Å². The fourth-order valence-corrected chi connectivity index (χ4v) is 1.44. The maximum absolute atomic E-state index is 11.9. The van der Waals surface area contributed by atoms with Gasteiger partial charge in [0, 0.05) is 12.6 Å². The molecule has 0 aromatic heterocycles. The van der Waals surface area contributed by atoms with Crippen molar-refractivity contribution in [3.63, 3.8) is 0 Å². The van der Waals surface area contributed by atoms with Crippen LogP contribution in [0.3, 0.4) is 0 Å². The van der Waals surface area contributed by atoms with Gasteiger partial charge in [0.25, 0.3) is 0 Å². The van der Waals surface area contributed by atoms with Crippen molar-refractivity contribution in [3.8, 4) is 6.07 Å². The number of ether oxygens (including phenoxy) is 1. The minimum absolute atomic E-state index is 0.00792. The Kier molecular flexibility index (Phi) is 4.06. The number of hydrogen-bond donors (Lipinski definition) is 1. The van der Waals surface area contributed by atoms with Crippen LogP contribution in [0.4, 0.5) is 0 Å². The van der Waals surface area contributed by atoms with Gasteiger partial charge in [-0.3, -0.25) is 4.79 Å². The molecule has 3 unspecified atom stereocenters. The number of morpholine rings is 1. The summed E-state index contributed by atoms with van der Waals surface area (Å²) in [7, 11) is 0. The van der Waals surface area contributed by atoms with Crippen molar-refractivity contribution in [1.29, 1.82) is 5.26 Å². The summed E-state index contributed by atoms with van der Waals surface area (Å²) in [5.41, 5.74) is 5.67. The van der Waals surface area contributed by atoms with Crippen molar-refractivity contribution < 1.29 is 9.53 Å². The quantitative estimate of drug-likeness (QED) is 0.681. The third-order valence-corrected chi connectivity index (χ3v) is 2.70. The van der Waals surface area contributed by atoms with Crippen molar-refractivity contribution in [1.82, 2.24) is 4.90 Å². The summed E-state index contributed by atoms with van der Waals surface area (Å²) in [5, 5.41) is 8.70. The molecule has 0 bridgehead atoms. The molecule has 3 atom stereocenters. The third-order valence-electron chi connectivity index (χ3n) is 2.70. The number of hydrogen-bond acceptors (Lipinski definition) is 4. The van der Waals surface area contributed by atoms with Crippen LogP contribution >= 0.6 is 0 Å². The highest BCUT2D eigenvalue weighted by Crippen LogP contribution is 2.11. The van der Waals surface area contributed by atoms with Crippen LogP contribution in [0.15, 0.2) is 0 Å². The summed E-state index contributed by atoms with van der Waals surface area (Å²) >= 11 is 0. The van der Waals surface area contributed by atoms with Crippen LogP contribution in [-0.4, -0.2) is 42.6 Å². The zero-order chi connectivity index (χ0) is 11.4. The normalized spacial score (nSPS) is 25.5. The largest absolute Gasteiger partial charge is 0.360 e. The first-order chi connectivity index (χ1) is 7.06. The average molecular weight is 211 g/mol. The van der Waals surface area contributed by atoms with E-state index < -0.39 is 6.10 Å². The van der Waals surface area contributed by atoms with Crippen LogP contribution in [0.5, 0.6) is 0 Å². The van der Waals surface area contributed by atoms with E-state index in [2.05, 4.69) is 0 Å². The minimum Gasteiger partial charge on any atom is -0.360 e. The first-order valence-electron chi connectivity index (χ1n) is 5.12. The molecule has 5 heteroatoms. The molecule has 5 nitrogen and oxygen atoms in total. The van der Waals surface area contributed by atoms with Gasteiger partial charge in [0.15, 0.2) is 6.10 Å². The highest BCUT2D eigenvalue weighted by molar-refractivity contribution is 5.79. The van der Waals surface area contributed by atoms with Crippen molar-refractivity contribution in [2.24, 2.45) is 11.7 Å². The highest BCUT2D eigenvalue weighted by Gasteiger charge is 2.28. The molecule has 0 aromatic carbocycles. The summed E-state index contributed by atoms with van der Waals surface area (Å²) in [6, 6.07) is 1.84. The van der Waals surface area contributed by atoms with Crippen LogP contribution in [0.1, 0.15) is 13.8 Å². The number of nitrogens with two attached hydrogens (primary N) is 1. The van der Waals surface area contributed by atoms with Crippen LogP contribution in [0, 0.1) is 17.2 Å². The fraction of sp³-hybridized carbons (Fsp3) is 0.800. The van der Waals surface area contributed by atoms with E-state index in [1.165, 1.54) is 0 Å². The van der Waals surface area contributed by atoms with E-state index in [4.69, 9.17) is 15.7 Å². The second-order valence-electron chi connectivity index (χ2n) is 3.92. The fourth-order valence-electron chi connectivity index (χ4n) is 1.44. The lowest BCUT2D eigenvalue weighted by molar-refractivity contribution is -0.141. The van der Waals surface area contributed by atoms with Gasteiger partial charge in [0.2, 0.25) is 5.91 Å². The Morgan fingerprint density at radius 1 is 1.67 bits per heavy atom. The van der Waals surface area contributed by atoms with Crippen LogP contribution in [0.25, 0.3) is 0 Å². The molecule has 1 aliphatic heterocycles. The first-order valence-corrected chi connectivity index (χ1v) is 5.12. The Hall–Kier alpha value is -1.12. The maximum Gasteiger partial charge on any atom is 0.227 e. The average Bonchev–Trinajstić information content (AvgIpc) is 2.27. The molecule has 15 heavy (non-hydrogen) atoms. The summed E-state index contributed by atoms with van der Waals surface area (Å²) < 4.78 is 5.16. The molecule has 0 aromatic rings. The van der Waals surface area contributed by atoms with Crippen molar-refractivity contribution in [3.05, 3.63) is 0 Å². The van der Waals surface area contributed by atoms with E-state index >= 15 is 0 Å². The lowest BCUT2D eigenvalue weighted by Crippen LogP contribution is -2.49. The molecule has 1 aliphatic rings. The molecule has 0 spiro atoms. The molecule has 0 radical (unpaired) electrons. The Bertz CT molecular complexity index is 272. The van der Waals surface area contributed by atoms with Crippen molar-refractivity contribution >= 4 is 5.91 Å². The van der Waals surface area contributed by atoms with Gasteiger partial charge in [-0.05, 0) is 6.92 Å². The lowest BCUT2D eigenvalue weighted by Gasteiger charge is -2.32. The van der Waals surface area contributed by atoms with E-state index in [9.17, 15) is 4.79 Å². The molecule has 1 saturated heterocycles. The van der Waals surface area contributed by atoms with Gasteiger partial charge < -0.3 is 15.4 Å². The van der Waals surface area contributed by atoms with Crippen molar-refractivity contribution in [2.75, 3.05) is 19.7 Å². The van der Waals surface area contributed by atoms with Crippen LogP contribution in [0.2, 0.25) is 0 Å². The Morgan fingerprint density at radius 3 is 2.87 bits per heavy atom. The van der Waals surface area contributed by atoms with Gasteiger partial charge in [-0.1, -0.05) is 6.92 Å². The van der Waals surface area contributed by atoms with Gasteiger partial charge >= 0.3 is 0 Å². The van der Waals surface area contributed by atoms with E-state index in [-0.39, 0.29) is 17.9 Å². The van der Waals surface area contributed by atoms with E-state index in [1.807, 2.05) is 19.9 Å². The zero-order valence-corrected chi connectivity index (χ0v) is 9.14. The Morgan fingerprint density at radius 2 is 2.33 bits per heavy atom. The minimum atomic E-state index is -0.497. The number of carbonyl (C=O) groups excluding carboxylic acids is 1. The Labute approximate surface area is 89.8 Å². The number of nitriles is 1. The molecule has 1 heterocycles. The smallest absolute Gasteiger partial charge is 0.227 e. The molecule has 1 fully saturated rings. The second-order valence-corrected chi connectivity index (χ2v) is 3.92. The van der Waals surface area contributed by atoms with E-state index in [1.54, 1.807) is 4.90 Å². The summed E-state index contributed by atoms with van der Waals surface area (Å²) in [6.07, 6.45) is -0.497. The first kappa shape index (κ1) is 12.0. The second kappa shape index (κ2) is 5.10. The summed E-state index contributed by atoms with van der Waals surface area (Å²) in [4.78, 5) is 13.5. The molecular formula is C10H17N3O2. The van der Waals surface area contributed by atoms with E-state index in [0.717, 1.165) is 0 Å². The van der Waals surface area contributed by atoms with Gasteiger partial charge in [-0.25, -0.2) is 0 Å². The Balaban J connectivity index is 2.57. The van der Waals surface area contributed by atoms with Crippen LogP contribution < -0.4 is 5.73 Å².